The molecule has 0 aromatic carbocycles. The van der Waals surface area contributed by atoms with Gasteiger partial charge in [0, 0.05) is 25.2 Å². The highest BCUT2D eigenvalue weighted by Gasteiger charge is 2.29. The summed E-state index contributed by atoms with van der Waals surface area (Å²) in [6.07, 6.45) is 2.39. The molecule has 3 nitrogen and oxygen atoms in total. The van der Waals surface area contributed by atoms with Crippen LogP contribution in [0.5, 0.6) is 0 Å². The second-order valence-corrected chi connectivity index (χ2v) is 6.50. The first-order valence-electron chi connectivity index (χ1n) is 7.54. The van der Waals surface area contributed by atoms with Gasteiger partial charge < -0.3 is 10.1 Å². The Balaban J connectivity index is 2.57. The van der Waals surface area contributed by atoms with E-state index in [4.69, 9.17) is 4.74 Å². The van der Waals surface area contributed by atoms with E-state index in [1.165, 1.54) is 12.8 Å². The molecule has 0 amide bonds. The highest BCUT2D eigenvalue weighted by Crippen LogP contribution is 2.22. The molecule has 1 N–H and O–H groups in total. The van der Waals surface area contributed by atoms with Crippen molar-refractivity contribution < 1.29 is 4.74 Å². The highest BCUT2D eigenvalue weighted by molar-refractivity contribution is 4.86. The van der Waals surface area contributed by atoms with Crippen molar-refractivity contribution in [2.75, 3.05) is 32.8 Å². The van der Waals surface area contributed by atoms with Gasteiger partial charge in [-0.2, -0.15) is 0 Å². The summed E-state index contributed by atoms with van der Waals surface area (Å²) in [5.41, 5.74) is 0.311. The van der Waals surface area contributed by atoms with Gasteiger partial charge in [0.1, 0.15) is 0 Å². The van der Waals surface area contributed by atoms with Gasteiger partial charge in [-0.05, 0) is 24.8 Å². The van der Waals surface area contributed by atoms with Gasteiger partial charge >= 0.3 is 0 Å². The van der Waals surface area contributed by atoms with Crippen LogP contribution in [0, 0.1) is 5.41 Å². The average Bonchev–Trinajstić information content (AvgIpc) is 2.33. The Hall–Kier alpha value is -0.120. The summed E-state index contributed by atoms with van der Waals surface area (Å²) < 4.78 is 5.59. The van der Waals surface area contributed by atoms with Crippen LogP contribution in [0.15, 0.2) is 0 Å². The standard InChI is InChI=1S/C15H32N2O/c1-6-8-16-14(15(3,4)5)11-17-9-10-18-12-13(17)7-2/h13-14,16H,6-12H2,1-5H3. The van der Waals surface area contributed by atoms with Gasteiger partial charge in [0.05, 0.1) is 13.2 Å². The Morgan fingerprint density at radius 2 is 2.06 bits per heavy atom. The third-order valence-corrected chi connectivity index (χ3v) is 3.92. The molecule has 1 aliphatic rings. The first-order valence-corrected chi connectivity index (χ1v) is 7.54. The molecule has 0 radical (unpaired) electrons. The minimum Gasteiger partial charge on any atom is -0.378 e. The van der Waals surface area contributed by atoms with Gasteiger partial charge in [0.25, 0.3) is 0 Å². The van der Waals surface area contributed by atoms with E-state index >= 15 is 0 Å². The minimum atomic E-state index is 0.311. The van der Waals surface area contributed by atoms with Crippen molar-refractivity contribution in [3.63, 3.8) is 0 Å². The molecule has 0 spiro atoms. The Kier molecular flexibility index (Phi) is 6.61. The minimum absolute atomic E-state index is 0.311. The zero-order valence-corrected chi connectivity index (χ0v) is 13.0. The van der Waals surface area contributed by atoms with E-state index in [-0.39, 0.29) is 0 Å². The fourth-order valence-electron chi connectivity index (χ4n) is 2.50. The fourth-order valence-corrected chi connectivity index (χ4v) is 2.50. The first-order chi connectivity index (χ1) is 8.49. The smallest absolute Gasteiger partial charge is 0.0622 e. The van der Waals surface area contributed by atoms with Crippen LogP contribution in [-0.4, -0.2) is 49.8 Å². The number of hydrogen-bond acceptors (Lipinski definition) is 3. The van der Waals surface area contributed by atoms with Crippen molar-refractivity contribution in [3.05, 3.63) is 0 Å². The van der Waals surface area contributed by atoms with E-state index < -0.39 is 0 Å². The maximum absolute atomic E-state index is 5.59. The molecule has 0 aromatic heterocycles. The summed E-state index contributed by atoms with van der Waals surface area (Å²) >= 11 is 0. The predicted octanol–water partition coefficient (Wildman–Crippen LogP) is 2.51. The molecule has 18 heavy (non-hydrogen) atoms. The van der Waals surface area contributed by atoms with Crippen LogP contribution in [-0.2, 0) is 4.74 Å². The van der Waals surface area contributed by atoms with Crippen LogP contribution in [0.25, 0.3) is 0 Å². The molecule has 0 saturated carbocycles. The molecule has 1 aliphatic heterocycles. The largest absolute Gasteiger partial charge is 0.378 e. The summed E-state index contributed by atoms with van der Waals surface area (Å²) in [7, 11) is 0. The second-order valence-electron chi connectivity index (χ2n) is 6.50. The molecular formula is C15H32N2O. The third-order valence-electron chi connectivity index (χ3n) is 3.92. The molecule has 1 rings (SSSR count). The van der Waals surface area contributed by atoms with Crippen molar-refractivity contribution in [2.45, 2.75) is 59.5 Å². The van der Waals surface area contributed by atoms with Crippen LogP contribution in [0.2, 0.25) is 0 Å². The van der Waals surface area contributed by atoms with Crippen LogP contribution in [0.3, 0.4) is 0 Å². The lowest BCUT2D eigenvalue weighted by atomic mass is 9.86. The van der Waals surface area contributed by atoms with E-state index in [2.05, 4.69) is 44.8 Å². The summed E-state index contributed by atoms with van der Waals surface area (Å²) in [5, 5.41) is 3.72. The highest BCUT2D eigenvalue weighted by atomic mass is 16.5. The van der Waals surface area contributed by atoms with Crippen molar-refractivity contribution in [3.8, 4) is 0 Å². The van der Waals surface area contributed by atoms with E-state index in [1.54, 1.807) is 0 Å². The maximum Gasteiger partial charge on any atom is 0.0622 e. The molecule has 1 heterocycles. The van der Waals surface area contributed by atoms with Gasteiger partial charge in [-0.25, -0.2) is 0 Å². The molecule has 0 aromatic rings. The van der Waals surface area contributed by atoms with Gasteiger partial charge in [-0.3, -0.25) is 4.90 Å². The van der Waals surface area contributed by atoms with Crippen molar-refractivity contribution in [1.29, 1.82) is 0 Å². The molecular weight excluding hydrogens is 224 g/mol. The van der Waals surface area contributed by atoms with Crippen LogP contribution >= 0.6 is 0 Å². The first kappa shape index (κ1) is 15.9. The number of nitrogens with zero attached hydrogens (tertiary/aromatic N) is 1. The number of morpholine rings is 1. The van der Waals surface area contributed by atoms with Gasteiger partial charge in [0.15, 0.2) is 0 Å². The SMILES string of the molecule is CCCNC(CN1CCOCC1CC)C(C)(C)C. The lowest BCUT2D eigenvalue weighted by Crippen LogP contribution is -2.54. The predicted molar refractivity (Wildman–Crippen MR) is 78.0 cm³/mol. The Morgan fingerprint density at radius 3 is 2.61 bits per heavy atom. The zero-order chi connectivity index (χ0) is 13.6. The van der Waals surface area contributed by atoms with Gasteiger partial charge in [-0.1, -0.05) is 34.6 Å². The number of hydrogen-bond donors (Lipinski definition) is 1. The number of rotatable bonds is 6. The maximum atomic E-state index is 5.59. The van der Waals surface area contributed by atoms with Crippen LogP contribution in [0.4, 0.5) is 0 Å². The summed E-state index contributed by atoms with van der Waals surface area (Å²) in [4.78, 5) is 2.61. The monoisotopic (exact) mass is 256 g/mol. The Bertz CT molecular complexity index is 225. The van der Waals surface area contributed by atoms with E-state index in [0.29, 0.717) is 17.5 Å². The molecule has 0 bridgehead atoms. The molecule has 1 saturated heterocycles. The van der Waals surface area contributed by atoms with Crippen LogP contribution in [0.1, 0.15) is 47.5 Å². The zero-order valence-electron chi connectivity index (χ0n) is 13.0. The lowest BCUT2D eigenvalue weighted by Gasteiger charge is -2.41. The molecule has 2 unspecified atom stereocenters. The molecule has 108 valence electrons. The van der Waals surface area contributed by atoms with Crippen molar-refractivity contribution >= 4 is 0 Å². The number of nitrogens with one attached hydrogen (secondary N) is 1. The van der Waals surface area contributed by atoms with Crippen LogP contribution < -0.4 is 5.32 Å². The molecule has 1 fully saturated rings. The average molecular weight is 256 g/mol. The van der Waals surface area contributed by atoms with Crippen molar-refractivity contribution in [2.24, 2.45) is 5.41 Å². The molecule has 3 heteroatoms. The summed E-state index contributed by atoms with van der Waals surface area (Å²) in [6, 6.07) is 1.16. The van der Waals surface area contributed by atoms with Gasteiger partial charge in [0.2, 0.25) is 0 Å². The molecule has 0 aliphatic carbocycles. The Labute approximate surface area is 113 Å². The quantitative estimate of drug-likeness (QED) is 0.790. The Morgan fingerprint density at radius 1 is 1.33 bits per heavy atom. The summed E-state index contributed by atoms with van der Waals surface area (Å²) in [5.74, 6) is 0. The third kappa shape index (κ3) is 4.87. The van der Waals surface area contributed by atoms with E-state index in [9.17, 15) is 0 Å². The fraction of sp³-hybridized carbons (Fsp3) is 1.00. The van der Waals surface area contributed by atoms with Crippen molar-refractivity contribution in [1.82, 2.24) is 10.2 Å². The second kappa shape index (κ2) is 7.46. The van der Waals surface area contributed by atoms with E-state index in [0.717, 1.165) is 32.8 Å². The lowest BCUT2D eigenvalue weighted by molar-refractivity contribution is -0.0184. The summed E-state index contributed by atoms with van der Waals surface area (Å²) in [6.45, 7) is 16.6. The number of ether oxygens (including phenoxy) is 1. The normalized spacial score (nSPS) is 24.2. The van der Waals surface area contributed by atoms with E-state index in [1.807, 2.05) is 0 Å². The topological polar surface area (TPSA) is 24.5 Å². The van der Waals surface area contributed by atoms with Gasteiger partial charge in [-0.15, -0.1) is 0 Å². The molecule has 2 atom stereocenters.